The van der Waals surface area contributed by atoms with Gasteiger partial charge in [-0.15, -0.1) is 0 Å². The molecular formula is C19H24N4O3. The number of hydrogen-bond donors (Lipinski definition) is 0. The highest BCUT2D eigenvalue weighted by Gasteiger charge is 2.27. The highest BCUT2D eigenvalue weighted by molar-refractivity contribution is 5.95. The van der Waals surface area contributed by atoms with Crippen molar-refractivity contribution in [1.29, 1.82) is 0 Å². The second kappa shape index (κ2) is 6.63. The van der Waals surface area contributed by atoms with Gasteiger partial charge in [0.1, 0.15) is 11.5 Å². The van der Waals surface area contributed by atoms with Crippen molar-refractivity contribution >= 4 is 11.8 Å². The first-order chi connectivity index (χ1) is 12.5. The number of furan rings is 1. The van der Waals surface area contributed by atoms with Gasteiger partial charge in [-0.25, -0.2) is 4.98 Å². The maximum absolute atomic E-state index is 13.0. The van der Waals surface area contributed by atoms with Crippen molar-refractivity contribution in [3.05, 3.63) is 40.9 Å². The van der Waals surface area contributed by atoms with Crippen molar-refractivity contribution in [3.8, 4) is 0 Å². The van der Waals surface area contributed by atoms with Crippen LogP contribution in [0.25, 0.3) is 0 Å². The zero-order chi connectivity index (χ0) is 18.3. The maximum Gasteiger partial charge on any atom is 0.257 e. The van der Waals surface area contributed by atoms with Crippen molar-refractivity contribution in [2.75, 3.05) is 13.1 Å². The lowest BCUT2D eigenvalue weighted by Gasteiger charge is -2.21. The molecule has 2 aliphatic heterocycles. The summed E-state index contributed by atoms with van der Waals surface area (Å²) in [6.07, 6.45) is 4.26. The van der Waals surface area contributed by atoms with Crippen molar-refractivity contribution in [2.24, 2.45) is 0 Å². The zero-order valence-electron chi connectivity index (χ0n) is 15.3. The van der Waals surface area contributed by atoms with E-state index in [0.29, 0.717) is 37.4 Å². The number of rotatable bonds is 3. The van der Waals surface area contributed by atoms with Crippen molar-refractivity contribution in [3.63, 3.8) is 0 Å². The topological polar surface area (TPSA) is 71.6 Å². The molecule has 2 aliphatic rings. The number of aryl methyl sites for hydroxylation is 3. The van der Waals surface area contributed by atoms with Gasteiger partial charge in [0.15, 0.2) is 0 Å². The predicted octanol–water partition coefficient (Wildman–Crippen LogP) is 2.26. The molecule has 7 nitrogen and oxygen atoms in total. The summed E-state index contributed by atoms with van der Waals surface area (Å²) in [5.74, 6) is 1.60. The molecule has 138 valence electrons. The molecule has 2 aromatic heterocycles. The molecule has 0 atom stereocenters. The SMILES string of the molecule is Cc1cc(C(=O)N2CCCn3cnc(CN4CCCC4=O)c3C2)c(C)o1. The highest BCUT2D eigenvalue weighted by atomic mass is 16.3. The fourth-order valence-electron chi connectivity index (χ4n) is 3.89. The van der Waals surface area contributed by atoms with E-state index in [4.69, 9.17) is 4.42 Å². The van der Waals surface area contributed by atoms with Crippen LogP contribution in [0.3, 0.4) is 0 Å². The summed E-state index contributed by atoms with van der Waals surface area (Å²) in [7, 11) is 0. The molecule has 0 unspecified atom stereocenters. The van der Waals surface area contributed by atoms with Crippen LogP contribution in [0.15, 0.2) is 16.8 Å². The molecule has 7 heteroatoms. The number of hydrogen-bond acceptors (Lipinski definition) is 4. The number of nitrogens with zero attached hydrogens (tertiary/aromatic N) is 4. The first-order valence-corrected chi connectivity index (χ1v) is 9.20. The molecule has 0 aromatic carbocycles. The van der Waals surface area contributed by atoms with Gasteiger partial charge in [-0.3, -0.25) is 9.59 Å². The summed E-state index contributed by atoms with van der Waals surface area (Å²) in [5.41, 5.74) is 2.57. The van der Waals surface area contributed by atoms with Gasteiger partial charge in [-0.1, -0.05) is 0 Å². The smallest absolute Gasteiger partial charge is 0.257 e. The molecule has 2 amide bonds. The standard InChI is InChI=1S/C19H24N4O3/c1-13-9-15(14(2)26-13)19(25)22-7-4-8-23-12-20-16(17(23)11-22)10-21-6-3-5-18(21)24/h9,12H,3-8,10-11H2,1-2H3. The summed E-state index contributed by atoms with van der Waals surface area (Å²) in [4.78, 5) is 33.2. The normalized spacial score (nSPS) is 17.5. The molecule has 0 aliphatic carbocycles. The number of carbonyl (C=O) groups excluding carboxylic acids is 2. The lowest BCUT2D eigenvalue weighted by Crippen LogP contribution is -2.32. The first kappa shape index (κ1) is 16.9. The number of amides is 2. The van der Waals surface area contributed by atoms with Gasteiger partial charge < -0.3 is 18.8 Å². The largest absolute Gasteiger partial charge is 0.466 e. The van der Waals surface area contributed by atoms with E-state index >= 15 is 0 Å². The van der Waals surface area contributed by atoms with Crippen LogP contribution < -0.4 is 0 Å². The minimum atomic E-state index is -0.00259. The molecule has 0 spiro atoms. The average Bonchev–Trinajstić information content (AvgIpc) is 3.23. The van der Waals surface area contributed by atoms with Gasteiger partial charge in [0.2, 0.25) is 5.91 Å². The lowest BCUT2D eigenvalue weighted by atomic mass is 10.2. The third-order valence-electron chi connectivity index (χ3n) is 5.27. The predicted molar refractivity (Wildman–Crippen MR) is 94.4 cm³/mol. The molecule has 1 saturated heterocycles. The Bertz CT molecular complexity index is 851. The number of likely N-dealkylation sites (tertiary alicyclic amines) is 1. The molecule has 0 bridgehead atoms. The monoisotopic (exact) mass is 356 g/mol. The molecule has 1 fully saturated rings. The van der Waals surface area contributed by atoms with Crippen LogP contribution in [0.5, 0.6) is 0 Å². The summed E-state index contributed by atoms with van der Waals surface area (Å²) in [6, 6.07) is 1.81. The fourth-order valence-corrected chi connectivity index (χ4v) is 3.89. The summed E-state index contributed by atoms with van der Waals surface area (Å²) >= 11 is 0. The number of imidazole rings is 1. The van der Waals surface area contributed by atoms with E-state index in [2.05, 4.69) is 9.55 Å². The summed E-state index contributed by atoms with van der Waals surface area (Å²) in [5, 5.41) is 0. The van der Waals surface area contributed by atoms with E-state index in [1.807, 2.05) is 36.0 Å². The van der Waals surface area contributed by atoms with Crippen molar-refractivity contribution < 1.29 is 14.0 Å². The van der Waals surface area contributed by atoms with E-state index in [0.717, 1.165) is 43.1 Å². The van der Waals surface area contributed by atoms with E-state index < -0.39 is 0 Å². The maximum atomic E-state index is 13.0. The Morgan fingerprint density at radius 1 is 1.23 bits per heavy atom. The molecule has 4 heterocycles. The Hall–Kier alpha value is -2.57. The van der Waals surface area contributed by atoms with Crippen molar-refractivity contribution in [2.45, 2.75) is 52.7 Å². The highest BCUT2D eigenvalue weighted by Crippen LogP contribution is 2.23. The van der Waals surface area contributed by atoms with E-state index in [1.165, 1.54) is 0 Å². The van der Waals surface area contributed by atoms with Crippen molar-refractivity contribution in [1.82, 2.24) is 19.4 Å². The number of aromatic nitrogens is 2. The third kappa shape index (κ3) is 3.02. The van der Waals surface area contributed by atoms with Crippen LogP contribution in [0, 0.1) is 13.8 Å². The molecular weight excluding hydrogens is 332 g/mol. The Labute approximate surface area is 152 Å². The number of carbonyl (C=O) groups is 2. The quantitative estimate of drug-likeness (QED) is 0.846. The fraction of sp³-hybridized carbons (Fsp3) is 0.526. The van der Waals surface area contributed by atoms with E-state index in [-0.39, 0.29) is 11.8 Å². The molecule has 4 rings (SSSR count). The second-order valence-electron chi connectivity index (χ2n) is 7.16. The Kier molecular flexibility index (Phi) is 4.30. The zero-order valence-corrected chi connectivity index (χ0v) is 15.3. The van der Waals surface area contributed by atoms with Crippen LogP contribution in [-0.4, -0.2) is 44.3 Å². The third-order valence-corrected chi connectivity index (χ3v) is 5.27. The Balaban J connectivity index is 1.57. The van der Waals surface area contributed by atoms with E-state index in [1.54, 1.807) is 0 Å². The van der Waals surface area contributed by atoms with Gasteiger partial charge in [0.25, 0.3) is 5.91 Å². The van der Waals surface area contributed by atoms with Crippen LogP contribution in [-0.2, 0) is 24.4 Å². The van der Waals surface area contributed by atoms with Gasteiger partial charge in [-0.05, 0) is 32.8 Å². The molecule has 0 saturated carbocycles. The lowest BCUT2D eigenvalue weighted by molar-refractivity contribution is -0.128. The molecule has 0 N–H and O–H groups in total. The minimum Gasteiger partial charge on any atom is -0.466 e. The van der Waals surface area contributed by atoms with Crippen LogP contribution >= 0.6 is 0 Å². The van der Waals surface area contributed by atoms with Gasteiger partial charge in [0, 0.05) is 26.1 Å². The van der Waals surface area contributed by atoms with Crippen LogP contribution in [0.1, 0.15) is 52.5 Å². The molecule has 0 radical (unpaired) electrons. The van der Waals surface area contributed by atoms with Crippen LogP contribution in [0.4, 0.5) is 0 Å². The summed E-state index contributed by atoms with van der Waals surface area (Å²) in [6.45, 7) is 7.06. The minimum absolute atomic E-state index is 0.00259. The Morgan fingerprint density at radius 3 is 2.77 bits per heavy atom. The van der Waals surface area contributed by atoms with Gasteiger partial charge in [0.05, 0.1) is 36.4 Å². The molecule has 2 aromatic rings. The summed E-state index contributed by atoms with van der Waals surface area (Å²) < 4.78 is 7.65. The molecule has 26 heavy (non-hydrogen) atoms. The average molecular weight is 356 g/mol. The van der Waals surface area contributed by atoms with Crippen LogP contribution in [0.2, 0.25) is 0 Å². The van der Waals surface area contributed by atoms with E-state index in [9.17, 15) is 9.59 Å². The first-order valence-electron chi connectivity index (χ1n) is 9.20. The van der Waals surface area contributed by atoms with Gasteiger partial charge in [-0.2, -0.15) is 0 Å². The second-order valence-corrected chi connectivity index (χ2v) is 7.16. The Morgan fingerprint density at radius 2 is 2.08 bits per heavy atom. The van der Waals surface area contributed by atoms with Gasteiger partial charge >= 0.3 is 0 Å². The number of fused-ring (bicyclic) bond motifs is 1.